The molecule has 0 fully saturated rings. The fourth-order valence-electron chi connectivity index (χ4n) is 1.30. The third kappa shape index (κ3) is 11.4. The summed E-state index contributed by atoms with van der Waals surface area (Å²) in [6, 6.07) is 0. The van der Waals surface area contributed by atoms with Gasteiger partial charge < -0.3 is 4.74 Å². The second kappa shape index (κ2) is 9.97. The molecule has 15 heavy (non-hydrogen) atoms. The number of ether oxygens (including phenoxy) is 1. The first-order valence-corrected chi connectivity index (χ1v) is 6.04. The fourth-order valence-corrected chi connectivity index (χ4v) is 1.30. The molecule has 0 unspecified atom stereocenters. The van der Waals surface area contributed by atoms with Crippen molar-refractivity contribution in [3.8, 4) is 0 Å². The molecule has 0 spiro atoms. The van der Waals surface area contributed by atoms with Crippen LogP contribution in [0.5, 0.6) is 0 Å². The van der Waals surface area contributed by atoms with Crippen molar-refractivity contribution in [2.75, 3.05) is 13.2 Å². The topological polar surface area (TPSA) is 9.23 Å². The highest BCUT2D eigenvalue weighted by Crippen LogP contribution is 2.10. The molecule has 0 saturated carbocycles. The molecular weight excluding hydrogens is 184 g/mol. The Morgan fingerprint density at radius 1 is 1.20 bits per heavy atom. The molecular formula is C14H26O. The number of allylic oxidation sites excluding steroid dienone is 2. The first-order chi connectivity index (χ1) is 7.16. The van der Waals surface area contributed by atoms with Crippen LogP contribution in [0.1, 0.15) is 52.9 Å². The standard InChI is InChI=1S/C14H26O/c1-5-6-11-15-12-10-14(4)9-7-8-13(2)3/h10H,2,5-9,11-12H2,1,3-4H3/b14-10+. The van der Waals surface area contributed by atoms with E-state index >= 15 is 0 Å². The Kier molecular flexibility index (Phi) is 9.60. The van der Waals surface area contributed by atoms with Crippen molar-refractivity contribution in [2.45, 2.75) is 52.9 Å². The number of hydrogen-bond acceptors (Lipinski definition) is 1. The average Bonchev–Trinajstić information content (AvgIpc) is 2.17. The van der Waals surface area contributed by atoms with E-state index in [4.69, 9.17) is 4.74 Å². The first kappa shape index (κ1) is 14.4. The van der Waals surface area contributed by atoms with Gasteiger partial charge in [-0.25, -0.2) is 0 Å². The Hall–Kier alpha value is -0.560. The van der Waals surface area contributed by atoms with Crippen molar-refractivity contribution in [1.29, 1.82) is 0 Å². The molecule has 0 saturated heterocycles. The molecule has 0 heterocycles. The van der Waals surface area contributed by atoms with Crippen LogP contribution in [0.4, 0.5) is 0 Å². The summed E-state index contributed by atoms with van der Waals surface area (Å²) in [4.78, 5) is 0. The van der Waals surface area contributed by atoms with Crippen LogP contribution in [0.2, 0.25) is 0 Å². The normalized spacial score (nSPS) is 11.8. The highest BCUT2D eigenvalue weighted by molar-refractivity contribution is 4.99. The zero-order valence-electron chi connectivity index (χ0n) is 10.6. The molecule has 88 valence electrons. The summed E-state index contributed by atoms with van der Waals surface area (Å²) in [5.41, 5.74) is 2.72. The first-order valence-electron chi connectivity index (χ1n) is 6.04. The second-order valence-electron chi connectivity index (χ2n) is 4.29. The molecule has 0 aliphatic rings. The lowest BCUT2D eigenvalue weighted by Crippen LogP contribution is -1.94. The van der Waals surface area contributed by atoms with Crippen molar-refractivity contribution >= 4 is 0 Å². The maximum absolute atomic E-state index is 5.48. The molecule has 0 N–H and O–H groups in total. The third-order valence-electron chi connectivity index (χ3n) is 2.37. The van der Waals surface area contributed by atoms with Crippen LogP contribution in [0.15, 0.2) is 23.8 Å². The monoisotopic (exact) mass is 210 g/mol. The highest BCUT2D eigenvalue weighted by Gasteiger charge is 1.92. The van der Waals surface area contributed by atoms with Gasteiger partial charge >= 0.3 is 0 Å². The smallest absolute Gasteiger partial charge is 0.0649 e. The molecule has 1 nitrogen and oxygen atoms in total. The quantitative estimate of drug-likeness (QED) is 0.402. The van der Waals surface area contributed by atoms with E-state index < -0.39 is 0 Å². The fraction of sp³-hybridized carbons (Fsp3) is 0.714. The summed E-state index contributed by atoms with van der Waals surface area (Å²) in [6.45, 7) is 12.0. The van der Waals surface area contributed by atoms with E-state index in [9.17, 15) is 0 Å². The Bertz CT molecular complexity index is 192. The Labute approximate surface area is 95.2 Å². The molecule has 0 aliphatic heterocycles. The molecule has 0 aromatic heterocycles. The SMILES string of the molecule is C=C(C)CCC/C(C)=C/COCCCC. The second-order valence-corrected chi connectivity index (χ2v) is 4.29. The van der Waals surface area contributed by atoms with Gasteiger partial charge in [-0.3, -0.25) is 0 Å². The minimum absolute atomic E-state index is 0.777. The summed E-state index contributed by atoms with van der Waals surface area (Å²) in [6.07, 6.45) is 8.11. The number of rotatable bonds is 9. The Morgan fingerprint density at radius 3 is 2.53 bits per heavy atom. The van der Waals surface area contributed by atoms with E-state index in [1.165, 1.54) is 36.8 Å². The van der Waals surface area contributed by atoms with Crippen molar-refractivity contribution < 1.29 is 4.74 Å². The largest absolute Gasteiger partial charge is 0.377 e. The van der Waals surface area contributed by atoms with Crippen molar-refractivity contribution in [2.24, 2.45) is 0 Å². The molecule has 1 heteroatoms. The number of unbranched alkanes of at least 4 members (excludes halogenated alkanes) is 1. The Morgan fingerprint density at radius 2 is 1.93 bits per heavy atom. The van der Waals surface area contributed by atoms with Gasteiger partial charge in [0.1, 0.15) is 0 Å². The molecule has 0 aromatic carbocycles. The summed E-state index contributed by atoms with van der Waals surface area (Å²) >= 11 is 0. The van der Waals surface area contributed by atoms with Crippen molar-refractivity contribution in [3.63, 3.8) is 0 Å². The summed E-state index contributed by atoms with van der Waals surface area (Å²) < 4.78 is 5.48. The van der Waals surface area contributed by atoms with Gasteiger partial charge in [0.15, 0.2) is 0 Å². The van der Waals surface area contributed by atoms with Gasteiger partial charge in [0.25, 0.3) is 0 Å². The van der Waals surface area contributed by atoms with Gasteiger partial charge in [-0.2, -0.15) is 0 Å². The van der Waals surface area contributed by atoms with E-state index in [1.54, 1.807) is 0 Å². The maximum Gasteiger partial charge on any atom is 0.0649 e. The van der Waals surface area contributed by atoms with Crippen LogP contribution < -0.4 is 0 Å². The lowest BCUT2D eigenvalue weighted by atomic mass is 10.1. The highest BCUT2D eigenvalue weighted by atomic mass is 16.5. The van der Waals surface area contributed by atoms with Crippen LogP contribution >= 0.6 is 0 Å². The summed E-state index contributed by atoms with van der Waals surface area (Å²) in [5.74, 6) is 0. The van der Waals surface area contributed by atoms with Gasteiger partial charge in [0, 0.05) is 6.61 Å². The van der Waals surface area contributed by atoms with Gasteiger partial charge in [-0.1, -0.05) is 30.6 Å². The van der Waals surface area contributed by atoms with E-state index in [1.807, 2.05) is 0 Å². The van der Waals surface area contributed by atoms with Gasteiger partial charge in [0.2, 0.25) is 0 Å². The minimum Gasteiger partial charge on any atom is -0.377 e. The molecule has 0 aromatic rings. The predicted molar refractivity (Wildman–Crippen MR) is 68.1 cm³/mol. The Balaban J connectivity index is 3.39. The number of hydrogen-bond donors (Lipinski definition) is 0. The molecule has 0 atom stereocenters. The summed E-state index contributed by atoms with van der Waals surface area (Å²) in [5, 5.41) is 0. The zero-order chi connectivity index (χ0) is 11.5. The lowest BCUT2D eigenvalue weighted by Gasteiger charge is -2.03. The van der Waals surface area contributed by atoms with Crippen LogP contribution in [0.3, 0.4) is 0 Å². The average molecular weight is 210 g/mol. The van der Waals surface area contributed by atoms with E-state index in [0.717, 1.165) is 19.6 Å². The van der Waals surface area contributed by atoms with Crippen LogP contribution in [-0.2, 0) is 4.74 Å². The zero-order valence-corrected chi connectivity index (χ0v) is 10.6. The van der Waals surface area contributed by atoms with Crippen molar-refractivity contribution in [1.82, 2.24) is 0 Å². The maximum atomic E-state index is 5.48. The van der Waals surface area contributed by atoms with E-state index in [2.05, 4.69) is 33.4 Å². The van der Waals surface area contributed by atoms with Crippen LogP contribution in [-0.4, -0.2) is 13.2 Å². The van der Waals surface area contributed by atoms with Gasteiger partial charge in [0.05, 0.1) is 6.61 Å². The van der Waals surface area contributed by atoms with Crippen molar-refractivity contribution in [3.05, 3.63) is 23.8 Å². The predicted octanol–water partition coefficient (Wildman–Crippen LogP) is 4.50. The lowest BCUT2D eigenvalue weighted by molar-refractivity contribution is 0.158. The molecule has 0 radical (unpaired) electrons. The molecule has 0 aliphatic carbocycles. The minimum atomic E-state index is 0.777. The molecule has 0 amide bonds. The molecule has 0 rings (SSSR count). The van der Waals surface area contributed by atoms with Crippen LogP contribution in [0.25, 0.3) is 0 Å². The van der Waals surface area contributed by atoms with Gasteiger partial charge in [-0.05, 0) is 39.5 Å². The van der Waals surface area contributed by atoms with E-state index in [0.29, 0.717) is 0 Å². The third-order valence-corrected chi connectivity index (χ3v) is 2.37. The van der Waals surface area contributed by atoms with Crippen LogP contribution in [0, 0.1) is 0 Å². The van der Waals surface area contributed by atoms with Gasteiger partial charge in [-0.15, -0.1) is 6.58 Å². The summed E-state index contributed by atoms with van der Waals surface area (Å²) in [7, 11) is 0. The molecule has 0 bridgehead atoms. The van der Waals surface area contributed by atoms with E-state index in [-0.39, 0.29) is 0 Å².